The molecule has 32 heavy (non-hydrogen) atoms. The van der Waals surface area contributed by atoms with Gasteiger partial charge in [-0.25, -0.2) is 0 Å². The second-order valence-electron chi connectivity index (χ2n) is 8.49. The molecular formula is C24H30ClN3O4. The zero-order valence-corrected chi connectivity index (χ0v) is 18.8. The molecule has 1 aromatic carbocycles. The predicted molar refractivity (Wildman–Crippen MR) is 121 cm³/mol. The van der Waals surface area contributed by atoms with Crippen molar-refractivity contribution in [3.05, 3.63) is 64.9 Å². The zero-order valence-electron chi connectivity index (χ0n) is 18.0. The smallest absolute Gasteiger partial charge is 0.222 e. The average Bonchev–Trinajstić information content (AvgIpc) is 2.78. The highest BCUT2D eigenvalue weighted by molar-refractivity contribution is 6.31. The third-order valence-electron chi connectivity index (χ3n) is 6.07. The van der Waals surface area contributed by atoms with Gasteiger partial charge in [0, 0.05) is 43.1 Å². The summed E-state index contributed by atoms with van der Waals surface area (Å²) in [6, 6.07) is 11.6. The number of fused-ring (bicyclic) bond motifs is 1. The monoisotopic (exact) mass is 459 g/mol. The quantitative estimate of drug-likeness (QED) is 0.690. The molecule has 4 atom stereocenters. The van der Waals surface area contributed by atoms with Crippen LogP contribution in [0.4, 0.5) is 0 Å². The van der Waals surface area contributed by atoms with Gasteiger partial charge in [-0.05, 0) is 42.2 Å². The number of carbonyl (C=O) groups is 1. The van der Waals surface area contributed by atoms with Crippen LogP contribution in [0.25, 0.3) is 0 Å². The minimum atomic E-state index is -0.536. The average molecular weight is 460 g/mol. The van der Waals surface area contributed by atoms with Crippen molar-refractivity contribution in [1.82, 2.24) is 15.2 Å². The Balaban J connectivity index is 1.34. The number of hydrogen-bond acceptors (Lipinski definition) is 6. The molecule has 0 spiro atoms. The molecule has 2 N–H and O–H groups in total. The summed E-state index contributed by atoms with van der Waals surface area (Å²) in [5, 5.41) is 13.9. The fraction of sp³-hybridized carbons (Fsp3) is 0.500. The third-order valence-corrected chi connectivity index (χ3v) is 6.44. The summed E-state index contributed by atoms with van der Waals surface area (Å²) in [6.07, 6.45) is 4.71. The largest absolute Gasteiger partial charge is 0.389 e. The molecule has 2 saturated heterocycles. The van der Waals surface area contributed by atoms with Gasteiger partial charge in [0.05, 0.1) is 37.9 Å². The minimum absolute atomic E-state index is 0.0517. The van der Waals surface area contributed by atoms with E-state index in [9.17, 15) is 9.90 Å². The molecule has 2 fully saturated rings. The summed E-state index contributed by atoms with van der Waals surface area (Å²) >= 11 is 6.17. The van der Waals surface area contributed by atoms with E-state index in [1.807, 2.05) is 36.4 Å². The van der Waals surface area contributed by atoms with Crippen LogP contribution in [0.3, 0.4) is 0 Å². The van der Waals surface area contributed by atoms with E-state index in [4.69, 9.17) is 21.1 Å². The minimum Gasteiger partial charge on any atom is -0.389 e. The van der Waals surface area contributed by atoms with Gasteiger partial charge in [-0.1, -0.05) is 29.8 Å². The number of benzene rings is 1. The van der Waals surface area contributed by atoms with E-state index < -0.39 is 6.10 Å². The molecule has 0 unspecified atom stereocenters. The first-order valence-electron chi connectivity index (χ1n) is 11.1. The van der Waals surface area contributed by atoms with Gasteiger partial charge in [0.1, 0.15) is 0 Å². The number of aromatic nitrogens is 1. The lowest BCUT2D eigenvalue weighted by molar-refractivity contribution is -0.158. The molecule has 2 aliphatic rings. The summed E-state index contributed by atoms with van der Waals surface area (Å²) in [4.78, 5) is 18.9. The van der Waals surface area contributed by atoms with E-state index in [1.54, 1.807) is 12.4 Å². The molecule has 2 aliphatic heterocycles. The van der Waals surface area contributed by atoms with Crippen LogP contribution in [-0.4, -0.2) is 65.0 Å². The molecule has 7 nitrogen and oxygen atoms in total. The highest BCUT2D eigenvalue weighted by Crippen LogP contribution is 2.28. The van der Waals surface area contributed by atoms with E-state index in [1.165, 1.54) is 0 Å². The lowest BCUT2D eigenvalue weighted by Crippen LogP contribution is -2.55. The normalized spacial score (nSPS) is 26.6. The van der Waals surface area contributed by atoms with Gasteiger partial charge in [0.25, 0.3) is 0 Å². The van der Waals surface area contributed by atoms with Gasteiger partial charge in [-0.2, -0.15) is 0 Å². The molecule has 0 aliphatic carbocycles. The van der Waals surface area contributed by atoms with E-state index in [-0.39, 0.29) is 30.8 Å². The Labute approximate surface area is 193 Å². The van der Waals surface area contributed by atoms with Crippen LogP contribution in [0.1, 0.15) is 30.4 Å². The van der Waals surface area contributed by atoms with Crippen molar-refractivity contribution in [1.29, 1.82) is 0 Å². The SMILES string of the molecule is O=C(C[C@H]1CC[C@H]2[C@@H](COC[C@H](O)CN2Cc2ccncc2)O1)NCc1ccccc1Cl. The van der Waals surface area contributed by atoms with E-state index in [0.29, 0.717) is 37.7 Å². The van der Waals surface area contributed by atoms with Gasteiger partial charge < -0.3 is 19.9 Å². The number of pyridine rings is 1. The van der Waals surface area contributed by atoms with Crippen LogP contribution in [-0.2, 0) is 27.4 Å². The van der Waals surface area contributed by atoms with Gasteiger partial charge in [-0.3, -0.25) is 14.7 Å². The molecular weight excluding hydrogens is 430 g/mol. The summed E-state index contributed by atoms with van der Waals surface area (Å²) in [7, 11) is 0. The van der Waals surface area contributed by atoms with Crippen LogP contribution in [0.5, 0.6) is 0 Å². The molecule has 1 aromatic heterocycles. The van der Waals surface area contributed by atoms with Gasteiger partial charge in [-0.15, -0.1) is 0 Å². The summed E-state index contributed by atoms with van der Waals surface area (Å²) < 4.78 is 12.0. The fourth-order valence-electron chi connectivity index (χ4n) is 4.46. The predicted octanol–water partition coefficient (Wildman–Crippen LogP) is 2.55. The Bertz CT molecular complexity index is 885. The lowest BCUT2D eigenvalue weighted by atomic mass is 9.94. The fourth-order valence-corrected chi connectivity index (χ4v) is 4.67. The molecule has 4 rings (SSSR count). The summed E-state index contributed by atoms with van der Waals surface area (Å²) in [5.41, 5.74) is 2.04. The molecule has 0 saturated carbocycles. The summed E-state index contributed by atoms with van der Waals surface area (Å²) in [5.74, 6) is -0.0517. The molecule has 8 heteroatoms. The van der Waals surface area contributed by atoms with Crippen LogP contribution in [0.15, 0.2) is 48.8 Å². The Hall–Kier alpha value is -2.03. The highest BCUT2D eigenvalue weighted by Gasteiger charge is 2.38. The van der Waals surface area contributed by atoms with Crippen molar-refractivity contribution >= 4 is 17.5 Å². The topological polar surface area (TPSA) is 83.9 Å². The first-order valence-corrected chi connectivity index (χ1v) is 11.5. The number of ether oxygens (including phenoxy) is 2. The van der Waals surface area contributed by atoms with Crippen molar-refractivity contribution in [3.63, 3.8) is 0 Å². The number of aliphatic hydroxyl groups excluding tert-OH is 1. The molecule has 1 amide bonds. The van der Waals surface area contributed by atoms with E-state index in [2.05, 4.69) is 15.2 Å². The van der Waals surface area contributed by atoms with Crippen molar-refractivity contribution in [2.45, 2.75) is 56.7 Å². The number of aliphatic hydroxyl groups is 1. The van der Waals surface area contributed by atoms with Crippen LogP contribution < -0.4 is 5.32 Å². The van der Waals surface area contributed by atoms with Crippen LogP contribution in [0, 0.1) is 0 Å². The molecule has 0 radical (unpaired) electrons. The number of nitrogens with zero attached hydrogens (tertiary/aromatic N) is 2. The van der Waals surface area contributed by atoms with Crippen LogP contribution >= 0.6 is 11.6 Å². The number of nitrogens with one attached hydrogen (secondary N) is 1. The Morgan fingerprint density at radius 2 is 2.00 bits per heavy atom. The third kappa shape index (κ3) is 6.27. The Morgan fingerprint density at radius 3 is 2.81 bits per heavy atom. The Morgan fingerprint density at radius 1 is 1.19 bits per heavy atom. The molecule has 172 valence electrons. The highest BCUT2D eigenvalue weighted by atomic mass is 35.5. The zero-order chi connectivity index (χ0) is 22.3. The van der Waals surface area contributed by atoms with E-state index >= 15 is 0 Å². The molecule has 0 bridgehead atoms. The van der Waals surface area contributed by atoms with Crippen molar-refractivity contribution in [2.24, 2.45) is 0 Å². The first kappa shape index (κ1) is 23.1. The van der Waals surface area contributed by atoms with E-state index in [0.717, 1.165) is 24.0 Å². The maximum absolute atomic E-state index is 12.5. The molecule has 2 aromatic rings. The number of amides is 1. The second-order valence-corrected chi connectivity index (χ2v) is 8.90. The second kappa shape index (κ2) is 11.2. The van der Waals surface area contributed by atoms with Gasteiger partial charge in [0.15, 0.2) is 0 Å². The van der Waals surface area contributed by atoms with Gasteiger partial charge in [0.2, 0.25) is 5.91 Å². The standard InChI is InChI=1S/C24H30ClN3O4/c25-21-4-2-1-3-18(21)12-27-24(30)11-20-5-6-22-23(32-20)16-31-15-19(29)14-28(22)13-17-7-9-26-10-8-17/h1-4,7-10,19-20,22-23,29H,5-6,11-16H2,(H,27,30)/t19-,20-,22+,23-/m1/s1. The van der Waals surface area contributed by atoms with Gasteiger partial charge >= 0.3 is 0 Å². The number of β-amino-alcohol motifs (C(OH)–C–C–N with tert-alkyl or cyclic N) is 1. The van der Waals surface area contributed by atoms with Crippen LogP contribution in [0.2, 0.25) is 5.02 Å². The summed E-state index contributed by atoms with van der Waals surface area (Å²) in [6.45, 7) is 2.33. The lowest BCUT2D eigenvalue weighted by Gasteiger charge is -2.44. The van der Waals surface area contributed by atoms with Crippen molar-refractivity contribution < 1.29 is 19.4 Å². The number of carbonyl (C=O) groups excluding carboxylic acids is 1. The first-order chi connectivity index (χ1) is 15.6. The maximum Gasteiger partial charge on any atom is 0.222 e. The number of rotatable bonds is 6. The maximum atomic E-state index is 12.5. The Kier molecular flexibility index (Phi) is 8.10. The van der Waals surface area contributed by atoms with Crippen molar-refractivity contribution in [2.75, 3.05) is 19.8 Å². The van der Waals surface area contributed by atoms with Crippen molar-refractivity contribution in [3.8, 4) is 0 Å². The number of halogens is 1. The molecule has 3 heterocycles. The number of hydrogen-bond donors (Lipinski definition) is 2.